The van der Waals surface area contributed by atoms with Gasteiger partial charge in [-0.2, -0.15) is 0 Å². The molecule has 108 valence electrons. The number of aryl methyl sites for hydroxylation is 1. The fraction of sp³-hybridized carbons (Fsp3) is 0.133. The van der Waals surface area contributed by atoms with E-state index in [-0.39, 0.29) is 0 Å². The maximum absolute atomic E-state index is 6.03. The highest BCUT2D eigenvalue weighted by molar-refractivity contribution is 9.10. The van der Waals surface area contributed by atoms with Crippen molar-refractivity contribution in [3.8, 4) is 11.3 Å². The fourth-order valence-electron chi connectivity index (χ4n) is 1.92. The molecule has 0 fully saturated rings. The summed E-state index contributed by atoms with van der Waals surface area (Å²) in [6, 6.07) is 10.1. The molecule has 0 aliphatic rings. The second-order valence-corrected chi connectivity index (χ2v) is 7.11. The first kappa shape index (κ1) is 14.6. The number of hydrogen-bond donors (Lipinski definition) is 1. The smallest absolute Gasteiger partial charge is 0.191 e. The fourth-order valence-corrected chi connectivity index (χ4v) is 3.65. The van der Waals surface area contributed by atoms with Gasteiger partial charge in [-0.1, -0.05) is 23.7 Å². The number of rotatable bonds is 4. The predicted molar refractivity (Wildman–Crippen MR) is 91.0 cm³/mol. The molecular weight excluding hydrogens is 372 g/mol. The van der Waals surface area contributed by atoms with Gasteiger partial charge in [-0.3, -0.25) is 0 Å². The number of benzene rings is 1. The van der Waals surface area contributed by atoms with Gasteiger partial charge in [-0.15, -0.1) is 11.3 Å². The summed E-state index contributed by atoms with van der Waals surface area (Å²) < 4.78 is 6.95. The molecule has 6 heteroatoms. The molecule has 0 radical (unpaired) electrons. The predicted octanol–water partition coefficient (Wildman–Crippen LogP) is 5.74. The average molecular weight is 384 g/mol. The summed E-state index contributed by atoms with van der Waals surface area (Å²) in [6.07, 6.45) is 1.67. The number of nitrogens with zero attached hydrogens (tertiary/aromatic N) is 1. The number of anilines is 1. The molecule has 1 N–H and O–H groups in total. The summed E-state index contributed by atoms with van der Waals surface area (Å²) in [5.74, 6) is 0.673. The van der Waals surface area contributed by atoms with Gasteiger partial charge in [0.15, 0.2) is 5.89 Å². The number of aromatic nitrogens is 1. The minimum absolute atomic E-state index is 0.673. The summed E-state index contributed by atoms with van der Waals surface area (Å²) in [6.45, 7) is 2.59. The summed E-state index contributed by atoms with van der Waals surface area (Å²) >= 11 is 11.0. The van der Waals surface area contributed by atoms with E-state index in [1.54, 1.807) is 17.6 Å². The van der Waals surface area contributed by atoms with Crippen LogP contribution in [0, 0.1) is 6.92 Å². The lowest BCUT2D eigenvalue weighted by molar-refractivity contribution is 0.521. The molecule has 2 heterocycles. The molecule has 21 heavy (non-hydrogen) atoms. The van der Waals surface area contributed by atoms with Crippen molar-refractivity contribution < 1.29 is 4.42 Å². The molecule has 0 aliphatic carbocycles. The Bertz CT molecular complexity index is 732. The molecule has 3 rings (SSSR count). The van der Waals surface area contributed by atoms with Crippen LogP contribution >= 0.6 is 38.9 Å². The zero-order valence-electron chi connectivity index (χ0n) is 11.2. The molecular formula is C15H12BrClN2OS. The van der Waals surface area contributed by atoms with E-state index in [1.165, 1.54) is 4.88 Å². The Balaban J connectivity index is 1.67. The molecule has 0 aliphatic heterocycles. The Labute approximate surface area is 140 Å². The summed E-state index contributed by atoms with van der Waals surface area (Å²) in [5, 5.41) is 3.37. The van der Waals surface area contributed by atoms with Gasteiger partial charge in [0.1, 0.15) is 16.3 Å². The Morgan fingerprint density at radius 3 is 2.67 bits per heavy atom. The second kappa shape index (κ2) is 6.22. The standard InChI is InChI=1S/C15H12BrClN2OS/c1-9-19-14(8-20-9)10-2-4-11(5-3-10)18-7-12-6-13(16)15(17)21-12/h2-6,8,18H,7H2,1H3. The molecule has 3 nitrogen and oxygen atoms in total. The lowest BCUT2D eigenvalue weighted by Gasteiger charge is -2.05. The first-order valence-corrected chi connectivity index (χ1v) is 8.31. The molecule has 0 saturated heterocycles. The molecule has 0 saturated carbocycles. The third-order valence-corrected chi connectivity index (χ3v) is 5.44. The van der Waals surface area contributed by atoms with Crippen LogP contribution in [0.25, 0.3) is 11.3 Å². The summed E-state index contributed by atoms with van der Waals surface area (Å²) in [5.41, 5.74) is 2.95. The van der Waals surface area contributed by atoms with Crippen LogP contribution in [-0.4, -0.2) is 4.98 Å². The van der Waals surface area contributed by atoms with E-state index in [0.29, 0.717) is 5.89 Å². The van der Waals surface area contributed by atoms with Gasteiger partial charge < -0.3 is 9.73 Å². The minimum Gasteiger partial charge on any atom is -0.449 e. The molecule has 0 unspecified atom stereocenters. The zero-order chi connectivity index (χ0) is 14.8. The second-order valence-electron chi connectivity index (χ2n) is 4.52. The molecule has 0 spiro atoms. The lowest BCUT2D eigenvalue weighted by Crippen LogP contribution is -1.96. The van der Waals surface area contributed by atoms with Gasteiger partial charge in [-0.05, 0) is 34.1 Å². The van der Waals surface area contributed by atoms with Crippen molar-refractivity contribution in [1.82, 2.24) is 4.98 Å². The minimum atomic E-state index is 0.673. The quantitative estimate of drug-likeness (QED) is 0.624. The van der Waals surface area contributed by atoms with E-state index < -0.39 is 0 Å². The van der Waals surface area contributed by atoms with E-state index in [9.17, 15) is 0 Å². The molecule has 1 aromatic carbocycles. The topological polar surface area (TPSA) is 38.1 Å². The monoisotopic (exact) mass is 382 g/mol. The van der Waals surface area contributed by atoms with Crippen LogP contribution in [0.2, 0.25) is 4.34 Å². The van der Waals surface area contributed by atoms with Crippen LogP contribution in [0.4, 0.5) is 5.69 Å². The van der Waals surface area contributed by atoms with Crippen LogP contribution in [-0.2, 0) is 6.54 Å². The van der Waals surface area contributed by atoms with E-state index in [1.807, 2.05) is 37.3 Å². The van der Waals surface area contributed by atoms with Gasteiger partial charge in [0.05, 0.1) is 0 Å². The Morgan fingerprint density at radius 2 is 2.10 bits per heavy atom. The molecule has 0 bridgehead atoms. The van der Waals surface area contributed by atoms with Crippen molar-refractivity contribution in [3.05, 3.63) is 56.2 Å². The first-order chi connectivity index (χ1) is 10.1. The number of nitrogens with one attached hydrogen (secondary N) is 1. The highest BCUT2D eigenvalue weighted by atomic mass is 79.9. The van der Waals surface area contributed by atoms with Crippen LogP contribution < -0.4 is 5.32 Å². The zero-order valence-corrected chi connectivity index (χ0v) is 14.3. The van der Waals surface area contributed by atoms with Crippen molar-refractivity contribution >= 4 is 44.6 Å². The number of oxazole rings is 1. The van der Waals surface area contributed by atoms with Crippen LogP contribution in [0.3, 0.4) is 0 Å². The van der Waals surface area contributed by atoms with Gasteiger partial charge in [0.2, 0.25) is 0 Å². The van der Waals surface area contributed by atoms with Crippen LogP contribution in [0.15, 0.2) is 45.5 Å². The van der Waals surface area contributed by atoms with E-state index in [0.717, 1.165) is 32.3 Å². The number of hydrogen-bond acceptors (Lipinski definition) is 4. The van der Waals surface area contributed by atoms with Crippen molar-refractivity contribution in [2.75, 3.05) is 5.32 Å². The molecule has 0 atom stereocenters. The Morgan fingerprint density at radius 1 is 1.33 bits per heavy atom. The largest absolute Gasteiger partial charge is 0.449 e. The van der Waals surface area contributed by atoms with Gasteiger partial charge in [-0.25, -0.2) is 4.98 Å². The molecule has 3 aromatic rings. The van der Waals surface area contributed by atoms with Gasteiger partial charge >= 0.3 is 0 Å². The van der Waals surface area contributed by atoms with Crippen LogP contribution in [0.1, 0.15) is 10.8 Å². The third kappa shape index (κ3) is 3.48. The number of thiophene rings is 1. The third-order valence-electron chi connectivity index (χ3n) is 2.96. The highest BCUT2D eigenvalue weighted by Gasteiger charge is 2.05. The normalized spacial score (nSPS) is 10.8. The lowest BCUT2D eigenvalue weighted by atomic mass is 10.1. The van der Waals surface area contributed by atoms with Crippen molar-refractivity contribution in [1.29, 1.82) is 0 Å². The van der Waals surface area contributed by atoms with Crippen molar-refractivity contribution in [2.24, 2.45) is 0 Å². The summed E-state index contributed by atoms with van der Waals surface area (Å²) in [7, 11) is 0. The maximum Gasteiger partial charge on any atom is 0.191 e. The Kier molecular flexibility index (Phi) is 4.33. The van der Waals surface area contributed by atoms with E-state index >= 15 is 0 Å². The van der Waals surface area contributed by atoms with Crippen molar-refractivity contribution in [2.45, 2.75) is 13.5 Å². The average Bonchev–Trinajstić information content (AvgIpc) is 3.04. The molecule has 0 amide bonds. The van der Waals surface area contributed by atoms with E-state index in [2.05, 4.69) is 26.2 Å². The first-order valence-electron chi connectivity index (χ1n) is 6.32. The SMILES string of the molecule is Cc1nc(-c2ccc(NCc3cc(Br)c(Cl)s3)cc2)co1. The molecule has 2 aromatic heterocycles. The maximum atomic E-state index is 6.03. The van der Waals surface area contributed by atoms with Gasteiger partial charge in [0.25, 0.3) is 0 Å². The number of halogens is 2. The highest BCUT2D eigenvalue weighted by Crippen LogP contribution is 2.32. The van der Waals surface area contributed by atoms with Crippen molar-refractivity contribution in [3.63, 3.8) is 0 Å². The van der Waals surface area contributed by atoms with E-state index in [4.69, 9.17) is 16.0 Å². The van der Waals surface area contributed by atoms with Gasteiger partial charge in [0, 0.05) is 34.1 Å². The van der Waals surface area contributed by atoms with Crippen LogP contribution in [0.5, 0.6) is 0 Å². The Hall–Kier alpha value is -1.30. The summed E-state index contributed by atoms with van der Waals surface area (Å²) in [4.78, 5) is 5.49.